The molecule has 1 aromatic rings. The van der Waals surface area contributed by atoms with Crippen LogP contribution in [0.2, 0.25) is 0 Å². The number of nitrogens with zero attached hydrogens (tertiary/aromatic N) is 1. The SMILES string of the molecule is COC(c1nc2c(s1)CCCC2CNC1CC1)C(C)(C)C. The van der Waals surface area contributed by atoms with Gasteiger partial charge in [-0.1, -0.05) is 20.8 Å². The smallest absolute Gasteiger partial charge is 0.123 e. The van der Waals surface area contributed by atoms with Gasteiger partial charge in [-0.25, -0.2) is 4.98 Å². The first-order valence-corrected chi connectivity index (χ1v) is 9.06. The molecule has 2 aliphatic carbocycles. The highest BCUT2D eigenvalue weighted by atomic mass is 32.1. The molecular formula is C17H28N2OS. The van der Waals surface area contributed by atoms with Gasteiger partial charge in [-0.2, -0.15) is 0 Å². The second-order valence-electron chi connectivity index (χ2n) is 7.61. The van der Waals surface area contributed by atoms with Gasteiger partial charge in [0.1, 0.15) is 11.1 Å². The zero-order chi connectivity index (χ0) is 15.0. The van der Waals surface area contributed by atoms with Gasteiger partial charge in [0, 0.05) is 30.5 Å². The maximum absolute atomic E-state index is 5.75. The van der Waals surface area contributed by atoms with E-state index in [1.165, 1.54) is 47.7 Å². The van der Waals surface area contributed by atoms with E-state index in [4.69, 9.17) is 9.72 Å². The number of thiazole rings is 1. The molecule has 0 bridgehead atoms. The van der Waals surface area contributed by atoms with Crippen molar-refractivity contribution in [3.05, 3.63) is 15.6 Å². The summed E-state index contributed by atoms with van der Waals surface area (Å²) >= 11 is 1.88. The fourth-order valence-corrected chi connectivity index (χ4v) is 4.77. The lowest BCUT2D eigenvalue weighted by molar-refractivity contribution is 0.0149. The molecule has 118 valence electrons. The first-order chi connectivity index (χ1) is 9.99. The van der Waals surface area contributed by atoms with Gasteiger partial charge >= 0.3 is 0 Å². The standard InChI is InChI=1S/C17H28N2OS/c1-17(2,3)15(20-4)16-19-14-11(10-18-12-8-9-12)6-5-7-13(14)21-16/h11-12,15,18H,5-10H2,1-4H3. The van der Waals surface area contributed by atoms with E-state index in [-0.39, 0.29) is 11.5 Å². The van der Waals surface area contributed by atoms with Gasteiger partial charge < -0.3 is 10.1 Å². The number of nitrogens with one attached hydrogen (secondary N) is 1. The van der Waals surface area contributed by atoms with Crippen molar-refractivity contribution in [2.24, 2.45) is 5.41 Å². The molecule has 2 unspecified atom stereocenters. The number of aryl methyl sites for hydroxylation is 1. The number of hydrogen-bond donors (Lipinski definition) is 1. The van der Waals surface area contributed by atoms with Crippen LogP contribution in [0, 0.1) is 5.41 Å². The number of methoxy groups -OCH3 is 1. The maximum Gasteiger partial charge on any atom is 0.123 e. The zero-order valence-corrected chi connectivity index (χ0v) is 14.6. The van der Waals surface area contributed by atoms with E-state index in [0.717, 1.165) is 12.6 Å². The van der Waals surface area contributed by atoms with E-state index >= 15 is 0 Å². The molecule has 1 saturated carbocycles. The van der Waals surface area contributed by atoms with Crippen LogP contribution in [0.15, 0.2) is 0 Å². The van der Waals surface area contributed by atoms with Crippen LogP contribution in [-0.4, -0.2) is 24.7 Å². The summed E-state index contributed by atoms with van der Waals surface area (Å²) in [7, 11) is 1.81. The molecule has 1 N–H and O–H groups in total. The van der Waals surface area contributed by atoms with Gasteiger partial charge in [0.15, 0.2) is 0 Å². The first kappa shape index (κ1) is 15.4. The summed E-state index contributed by atoms with van der Waals surface area (Å²) in [5.41, 5.74) is 1.46. The van der Waals surface area contributed by atoms with Crippen LogP contribution in [0.3, 0.4) is 0 Å². The Hall–Kier alpha value is -0.450. The van der Waals surface area contributed by atoms with Gasteiger partial charge in [0.25, 0.3) is 0 Å². The number of rotatable bonds is 5. The van der Waals surface area contributed by atoms with Crippen LogP contribution in [-0.2, 0) is 11.2 Å². The molecule has 1 fully saturated rings. The fraction of sp³-hybridized carbons (Fsp3) is 0.824. The van der Waals surface area contributed by atoms with E-state index in [0.29, 0.717) is 5.92 Å². The molecule has 1 aromatic heterocycles. The highest BCUT2D eigenvalue weighted by Gasteiger charge is 2.33. The lowest BCUT2D eigenvalue weighted by Gasteiger charge is -2.27. The van der Waals surface area contributed by atoms with E-state index in [9.17, 15) is 0 Å². The number of aromatic nitrogens is 1. The Balaban J connectivity index is 1.79. The average Bonchev–Trinajstić information content (AvgIpc) is 3.14. The summed E-state index contributed by atoms with van der Waals surface area (Å²) in [4.78, 5) is 6.53. The molecule has 0 radical (unpaired) electrons. The summed E-state index contributed by atoms with van der Waals surface area (Å²) in [6.07, 6.45) is 6.61. The van der Waals surface area contributed by atoms with Crippen molar-refractivity contribution in [1.29, 1.82) is 0 Å². The van der Waals surface area contributed by atoms with Crippen LogP contribution >= 0.6 is 11.3 Å². The Morgan fingerprint density at radius 1 is 1.33 bits per heavy atom. The molecular weight excluding hydrogens is 280 g/mol. The van der Waals surface area contributed by atoms with E-state index in [1.54, 1.807) is 0 Å². The summed E-state index contributed by atoms with van der Waals surface area (Å²) < 4.78 is 5.75. The minimum absolute atomic E-state index is 0.0942. The predicted octanol–water partition coefficient (Wildman–Crippen LogP) is 4.05. The summed E-state index contributed by atoms with van der Waals surface area (Å²) in [6, 6.07) is 0.787. The summed E-state index contributed by atoms with van der Waals surface area (Å²) in [5.74, 6) is 0.608. The maximum atomic E-state index is 5.75. The van der Waals surface area contributed by atoms with Gasteiger partial charge in [-0.15, -0.1) is 11.3 Å². The quantitative estimate of drug-likeness (QED) is 0.891. The van der Waals surface area contributed by atoms with E-state index < -0.39 is 0 Å². The molecule has 0 amide bonds. The number of ether oxygens (including phenoxy) is 1. The highest BCUT2D eigenvalue weighted by molar-refractivity contribution is 7.11. The monoisotopic (exact) mass is 308 g/mol. The lowest BCUT2D eigenvalue weighted by Crippen LogP contribution is -2.26. The van der Waals surface area contributed by atoms with Gasteiger partial charge in [0.05, 0.1) is 5.69 Å². The topological polar surface area (TPSA) is 34.1 Å². The largest absolute Gasteiger partial charge is 0.374 e. The number of fused-ring (bicyclic) bond motifs is 1. The molecule has 21 heavy (non-hydrogen) atoms. The van der Waals surface area contributed by atoms with Crippen molar-refractivity contribution in [1.82, 2.24) is 10.3 Å². The molecule has 0 saturated heterocycles. The second kappa shape index (κ2) is 5.98. The third-order valence-corrected chi connectivity index (χ3v) is 5.74. The van der Waals surface area contributed by atoms with Crippen molar-refractivity contribution in [2.45, 2.75) is 70.9 Å². The minimum atomic E-state index is 0.0942. The van der Waals surface area contributed by atoms with Crippen molar-refractivity contribution in [2.75, 3.05) is 13.7 Å². The van der Waals surface area contributed by atoms with Crippen LogP contribution in [0.1, 0.15) is 74.1 Å². The van der Waals surface area contributed by atoms with Crippen molar-refractivity contribution in [3.8, 4) is 0 Å². The van der Waals surface area contributed by atoms with Crippen LogP contribution in [0.25, 0.3) is 0 Å². The predicted molar refractivity (Wildman–Crippen MR) is 88.0 cm³/mol. The molecule has 1 heterocycles. The van der Waals surface area contributed by atoms with Gasteiger partial charge in [0.2, 0.25) is 0 Å². The lowest BCUT2D eigenvalue weighted by atomic mass is 9.89. The summed E-state index contributed by atoms with van der Waals surface area (Å²) in [6.45, 7) is 7.79. The molecule has 3 nitrogen and oxygen atoms in total. The van der Waals surface area contributed by atoms with Crippen LogP contribution in [0.4, 0.5) is 0 Å². The molecule has 2 atom stereocenters. The second-order valence-corrected chi connectivity index (χ2v) is 8.73. The first-order valence-electron chi connectivity index (χ1n) is 8.24. The molecule has 0 aliphatic heterocycles. The van der Waals surface area contributed by atoms with Gasteiger partial charge in [-0.3, -0.25) is 0 Å². The molecule has 4 heteroatoms. The Bertz CT molecular complexity index is 487. The molecule has 3 rings (SSSR count). The average molecular weight is 308 g/mol. The van der Waals surface area contributed by atoms with Crippen LogP contribution in [0.5, 0.6) is 0 Å². The highest BCUT2D eigenvalue weighted by Crippen LogP contribution is 2.42. The van der Waals surface area contributed by atoms with Crippen molar-refractivity contribution >= 4 is 11.3 Å². The van der Waals surface area contributed by atoms with Gasteiger partial charge in [-0.05, 0) is 37.5 Å². The Morgan fingerprint density at radius 2 is 2.10 bits per heavy atom. The summed E-state index contributed by atoms with van der Waals surface area (Å²) in [5, 5.41) is 4.86. The Kier molecular flexibility index (Phi) is 4.40. The van der Waals surface area contributed by atoms with Crippen molar-refractivity contribution < 1.29 is 4.74 Å². The molecule has 2 aliphatic rings. The molecule has 0 spiro atoms. The van der Waals surface area contributed by atoms with E-state index in [2.05, 4.69) is 26.1 Å². The Labute approximate surface area is 132 Å². The van der Waals surface area contributed by atoms with E-state index in [1.807, 2.05) is 18.4 Å². The minimum Gasteiger partial charge on any atom is -0.374 e. The number of hydrogen-bond acceptors (Lipinski definition) is 4. The third-order valence-electron chi connectivity index (χ3n) is 4.56. The molecule has 0 aromatic carbocycles. The normalized spacial score (nSPS) is 23.9. The zero-order valence-electron chi connectivity index (χ0n) is 13.7. The fourth-order valence-electron chi connectivity index (χ4n) is 3.26. The Morgan fingerprint density at radius 3 is 2.71 bits per heavy atom. The van der Waals surface area contributed by atoms with Crippen LogP contribution < -0.4 is 5.32 Å². The third kappa shape index (κ3) is 3.49. The van der Waals surface area contributed by atoms with Crippen molar-refractivity contribution in [3.63, 3.8) is 0 Å².